The number of hydrogen-bond donors (Lipinski definition) is 1. The summed E-state index contributed by atoms with van der Waals surface area (Å²) >= 11 is 0. The Balaban J connectivity index is 1.62. The van der Waals surface area contributed by atoms with E-state index in [2.05, 4.69) is 4.98 Å². The van der Waals surface area contributed by atoms with Crippen molar-refractivity contribution in [1.82, 2.24) is 9.88 Å². The molecule has 1 saturated heterocycles. The predicted octanol–water partition coefficient (Wildman–Crippen LogP) is 2.72. The van der Waals surface area contributed by atoms with Crippen LogP contribution in [0.3, 0.4) is 0 Å². The van der Waals surface area contributed by atoms with Crippen LogP contribution < -0.4 is 0 Å². The number of amides is 1. The molecule has 6 nitrogen and oxygen atoms in total. The molecule has 128 valence electrons. The SMILES string of the molecule is CC(C)C1(C(=O)O)CCN(C(=O)CCc2nc3ccccc3o2)C1. The third-order valence-electron chi connectivity index (χ3n) is 5.08. The van der Waals surface area contributed by atoms with Crippen molar-refractivity contribution in [3.63, 3.8) is 0 Å². The van der Waals surface area contributed by atoms with E-state index in [1.54, 1.807) is 4.90 Å². The minimum atomic E-state index is -0.826. The average Bonchev–Trinajstić information content (AvgIpc) is 3.17. The van der Waals surface area contributed by atoms with Crippen molar-refractivity contribution in [2.45, 2.75) is 33.1 Å². The molecule has 1 N–H and O–H groups in total. The van der Waals surface area contributed by atoms with E-state index in [-0.39, 0.29) is 24.8 Å². The Morgan fingerprint density at radius 3 is 2.75 bits per heavy atom. The summed E-state index contributed by atoms with van der Waals surface area (Å²) in [7, 11) is 0. The first-order valence-electron chi connectivity index (χ1n) is 8.28. The van der Waals surface area contributed by atoms with Gasteiger partial charge in [0.05, 0.1) is 5.41 Å². The number of aliphatic carboxylic acids is 1. The maximum absolute atomic E-state index is 12.4. The Labute approximate surface area is 140 Å². The number of carboxylic acid groups (broad SMARTS) is 1. The molecule has 1 atom stereocenters. The molecule has 1 amide bonds. The molecular weight excluding hydrogens is 308 g/mol. The van der Waals surface area contributed by atoms with Gasteiger partial charge in [-0.25, -0.2) is 4.98 Å². The van der Waals surface area contributed by atoms with Crippen LogP contribution in [0, 0.1) is 11.3 Å². The number of rotatable bonds is 5. The number of aryl methyl sites for hydroxylation is 1. The van der Waals surface area contributed by atoms with Crippen LogP contribution in [0.5, 0.6) is 0 Å². The third-order valence-corrected chi connectivity index (χ3v) is 5.08. The lowest BCUT2D eigenvalue weighted by Crippen LogP contribution is -2.40. The molecular formula is C18H22N2O4. The van der Waals surface area contributed by atoms with Gasteiger partial charge in [-0.15, -0.1) is 0 Å². The molecule has 1 aliphatic rings. The quantitative estimate of drug-likeness (QED) is 0.911. The molecule has 3 rings (SSSR count). The highest BCUT2D eigenvalue weighted by Crippen LogP contribution is 2.38. The Hall–Kier alpha value is -2.37. The minimum absolute atomic E-state index is 0.00941. The molecule has 2 heterocycles. The molecule has 1 unspecified atom stereocenters. The molecule has 0 saturated carbocycles. The van der Waals surface area contributed by atoms with Gasteiger partial charge in [-0.1, -0.05) is 26.0 Å². The Morgan fingerprint density at radius 2 is 2.12 bits per heavy atom. The van der Waals surface area contributed by atoms with E-state index >= 15 is 0 Å². The van der Waals surface area contributed by atoms with Crippen LogP contribution in [0.4, 0.5) is 0 Å². The molecule has 0 spiro atoms. The second kappa shape index (κ2) is 6.26. The molecule has 1 aromatic carbocycles. The number of oxazole rings is 1. The van der Waals surface area contributed by atoms with Gasteiger partial charge in [0.1, 0.15) is 5.52 Å². The minimum Gasteiger partial charge on any atom is -0.481 e. The first-order valence-corrected chi connectivity index (χ1v) is 8.28. The lowest BCUT2D eigenvalue weighted by atomic mass is 9.76. The van der Waals surface area contributed by atoms with E-state index in [0.29, 0.717) is 30.9 Å². The van der Waals surface area contributed by atoms with Crippen molar-refractivity contribution < 1.29 is 19.1 Å². The standard InChI is InChI=1S/C18H22N2O4/c1-12(2)18(17(22)23)9-10-20(11-18)16(21)8-7-15-19-13-5-3-4-6-14(13)24-15/h3-6,12H,7-11H2,1-2H3,(H,22,23). The van der Waals surface area contributed by atoms with Crippen LogP contribution in [0.25, 0.3) is 11.1 Å². The number of nitrogens with zero attached hydrogens (tertiary/aromatic N) is 2. The van der Waals surface area contributed by atoms with Crippen molar-refractivity contribution in [2.75, 3.05) is 13.1 Å². The summed E-state index contributed by atoms with van der Waals surface area (Å²) in [4.78, 5) is 30.1. The molecule has 1 aliphatic heterocycles. The number of para-hydroxylation sites is 2. The zero-order valence-electron chi connectivity index (χ0n) is 14.0. The van der Waals surface area contributed by atoms with Gasteiger partial charge in [-0.3, -0.25) is 9.59 Å². The largest absolute Gasteiger partial charge is 0.481 e. The summed E-state index contributed by atoms with van der Waals surface area (Å²) in [6.45, 7) is 4.59. The van der Waals surface area contributed by atoms with Crippen LogP contribution in [0.15, 0.2) is 28.7 Å². The summed E-state index contributed by atoms with van der Waals surface area (Å²) in [6, 6.07) is 7.48. The van der Waals surface area contributed by atoms with Gasteiger partial charge < -0.3 is 14.4 Å². The Kier molecular flexibility index (Phi) is 4.30. The van der Waals surface area contributed by atoms with Gasteiger partial charge in [0, 0.05) is 25.9 Å². The summed E-state index contributed by atoms with van der Waals surface area (Å²) in [5, 5.41) is 9.56. The highest BCUT2D eigenvalue weighted by atomic mass is 16.4. The number of carbonyl (C=O) groups is 2. The molecule has 6 heteroatoms. The molecule has 1 aromatic heterocycles. The average molecular weight is 330 g/mol. The molecule has 0 aliphatic carbocycles. The van der Waals surface area contributed by atoms with Crippen LogP contribution in [-0.2, 0) is 16.0 Å². The molecule has 2 aromatic rings. The zero-order valence-corrected chi connectivity index (χ0v) is 14.0. The van der Waals surface area contributed by atoms with E-state index in [4.69, 9.17) is 4.42 Å². The van der Waals surface area contributed by atoms with Gasteiger partial charge in [-0.05, 0) is 24.5 Å². The number of carboxylic acids is 1. The fourth-order valence-electron chi connectivity index (χ4n) is 3.34. The summed E-state index contributed by atoms with van der Waals surface area (Å²) in [6.07, 6.45) is 1.21. The summed E-state index contributed by atoms with van der Waals surface area (Å²) in [5.74, 6) is -0.324. The zero-order chi connectivity index (χ0) is 17.3. The van der Waals surface area contributed by atoms with E-state index in [9.17, 15) is 14.7 Å². The van der Waals surface area contributed by atoms with Crippen LogP contribution in [0.2, 0.25) is 0 Å². The third kappa shape index (κ3) is 2.88. The summed E-state index contributed by atoms with van der Waals surface area (Å²) < 4.78 is 5.62. The fraction of sp³-hybridized carbons (Fsp3) is 0.500. The number of aromatic nitrogens is 1. The van der Waals surface area contributed by atoms with E-state index < -0.39 is 11.4 Å². The van der Waals surface area contributed by atoms with Gasteiger partial charge in [0.25, 0.3) is 0 Å². The van der Waals surface area contributed by atoms with E-state index in [1.165, 1.54) is 0 Å². The predicted molar refractivity (Wildman–Crippen MR) is 88.4 cm³/mol. The van der Waals surface area contributed by atoms with Crippen LogP contribution in [-0.4, -0.2) is 40.0 Å². The fourth-order valence-corrected chi connectivity index (χ4v) is 3.34. The first kappa shape index (κ1) is 16.5. The summed E-state index contributed by atoms with van der Waals surface area (Å²) in [5.41, 5.74) is 0.671. The highest BCUT2D eigenvalue weighted by Gasteiger charge is 2.48. The van der Waals surface area contributed by atoms with Crippen LogP contribution >= 0.6 is 0 Å². The van der Waals surface area contributed by atoms with E-state index in [0.717, 1.165) is 5.52 Å². The van der Waals surface area contributed by atoms with Crippen LogP contribution in [0.1, 0.15) is 32.6 Å². The second-order valence-electron chi connectivity index (χ2n) is 6.76. The second-order valence-corrected chi connectivity index (χ2v) is 6.76. The van der Waals surface area contributed by atoms with Gasteiger partial charge in [0.2, 0.25) is 5.91 Å². The molecule has 24 heavy (non-hydrogen) atoms. The Morgan fingerprint density at radius 1 is 1.38 bits per heavy atom. The number of likely N-dealkylation sites (tertiary alicyclic amines) is 1. The molecule has 0 radical (unpaired) electrons. The normalized spacial score (nSPS) is 20.9. The van der Waals surface area contributed by atoms with Crippen molar-refractivity contribution in [3.8, 4) is 0 Å². The maximum Gasteiger partial charge on any atom is 0.311 e. The molecule has 1 fully saturated rings. The van der Waals surface area contributed by atoms with Crippen molar-refractivity contribution >= 4 is 23.0 Å². The van der Waals surface area contributed by atoms with Crippen molar-refractivity contribution in [2.24, 2.45) is 11.3 Å². The van der Waals surface area contributed by atoms with Gasteiger partial charge in [0.15, 0.2) is 11.5 Å². The van der Waals surface area contributed by atoms with Gasteiger partial charge >= 0.3 is 5.97 Å². The lowest BCUT2D eigenvalue weighted by molar-refractivity contribution is -0.151. The first-order chi connectivity index (χ1) is 11.4. The number of carbonyl (C=O) groups excluding carboxylic acids is 1. The van der Waals surface area contributed by atoms with Crippen molar-refractivity contribution in [3.05, 3.63) is 30.2 Å². The topological polar surface area (TPSA) is 83.6 Å². The number of fused-ring (bicyclic) bond motifs is 1. The Bertz CT molecular complexity index is 734. The molecule has 0 bridgehead atoms. The number of hydrogen-bond acceptors (Lipinski definition) is 4. The number of benzene rings is 1. The van der Waals surface area contributed by atoms with E-state index in [1.807, 2.05) is 38.1 Å². The highest BCUT2D eigenvalue weighted by molar-refractivity contribution is 5.81. The monoisotopic (exact) mass is 330 g/mol. The van der Waals surface area contributed by atoms with Gasteiger partial charge in [-0.2, -0.15) is 0 Å². The van der Waals surface area contributed by atoms with Crippen molar-refractivity contribution in [1.29, 1.82) is 0 Å². The maximum atomic E-state index is 12.4. The smallest absolute Gasteiger partial charge is 0.311 e. The lowest BCUT2D eigenvalue weighted by Gasteiger charge is -2.28.